The van der Waals surface area contributed by atoms with Crippen LogP contribution < -0.4 is 21.1 Å². The molecule has 10 heteroatoms. The zero-order valence-corrected chi connectivity index (χ0v) is 20.7. The maximum absolute atomic E-state index is 13.1. The minimum atomic E-state index is -0.295. The van der Waals surface area contributed by atoms with E-state index in [4.69, 9.17) is 0 Å². The number of piperidine rings is 1. The van der Waals surface area contributed by atoms with Crippen LogP contribution in [0.3, 0.4) is 0 Å². The van der Waals surface area contributed by atoms with Crippen molar-refractivity contribution in [2.45, 2.75) is 53.1 Å². The van der Waals surface area contributed by atoms with E-state index in [2.05, 4.69) is 25.5 Å². The molecule has 3 heterocycles. The predicted octanol–water partition coefficient (Wildman–Crippen LogP) is 2.85. The number of thiazole rings is 1. The van der Waals surface area contributed by atoms with Crippen LogP contribution in [-0.4, -0.2) is 45.5 Å². The number of anilines is 2. The van der Waals surface area contributed by atoms with E-state index >= 15 is 0 Å². The number of aromatic nitrogens is 3. The Morgan fingerprint density at radius 3 is 2.82 bits per heavy atom. The topological polar surface area (TPSA) is 109 Å². The molecule has 0 radical (unpaired) electrons. The van der Waals surface area contributed by atoms with E-state index < -0.39 is 0 Å². The van der Waals surface area contributed by atoms with Crippen LogP contribution in [-0.2, 0) is 16.1 Å². The number of nitrogens with one attached hydrogen (secondary N) is 2. The summed E-state index contributed by atoms with van der Waals surface area (Å²) in [5, 5.41) is 6.54. The van der Waals surface area contributed by atoms with Gasteiger partial charge in [-0.05, 0) is 57.7 Å². The molecule has 0 aliphatic carbocycles. The fourth-order valence-corrected chi connectivity index (χ4v) is 5.09. The Morgan fingerprint density at radius 2 is 2.06 bits per heavy atom. The van der Waals surface area contributed by atoms with Gasteiger partial charge in [-0.15, -0.1) is 0 Å². The average Bonchev–Trinajstić information content (AvgIpc) is 3.24. The first-order valence-corrected chi connectivity index (χ1v) is 12.3. The number of hydrogen-bond acceptors (Lipinski definition) is 7. The Hall–Kier alpha value is -3.27. The maximum Gasteiger partial charge on any atom is 0.273 e. The standard InChI is InChI=1S/C24H30N6O3S/c1-14(2)26-22(32)17-8-6-10-29(11-17)24-28-21-20(34-24)23(33)30(13-25-21)12-19(31)27-18-9-5-7-15(3)16(18)4/h5,7,9,13-14,17H,6,8,10-12H2,1-4H3,(H,26,32)(H,27,31)/t17-/m0/s1. The molecule has 1 atom stereocenters. The van der Waals surface area contributed by atoms with Gasteiger partial charge in [-0.2, -0.15) is 4.98 Å². The zero-order valence-electron chi connectivity index (χ0n) is 19.9. The summed E-state index contributed by atoms with van der Waals surface area (Å²) in [6.45, 7) is 9.03. The highest BCUT2D eigenvalue weighted by molar-refractivity contribution is 7.22. The molecule has 1 aliphatic rings. The average molecular weight is 483 g/mol. The van der Waals surface area contributed by atoms with Gasteiger partial charge >= 0.3 is 0 Å². The zero-order chi connectivity index (χ0) is 24.4. The van der Waals surface area contributed by atoms with Crippen molar-refractivity contribution < 1.29 is 9.59 Å². The number of hydrogen-bond donors (Lipinski definition) is 2. The van der Waals surface area contributed by atoms with E-state index in [1.54, 1.807) is 0 Å². The monoisotopic (exact) mass is 482 g/mol. The number of fused-ring (bicyclic) bond motifs is 1. The summed E-state index contributed by atoms with van der Waals surface area (Å²) in [5.41, 5.74) is 2.87. The second kappa shape index (κ2) is 9.92. The third kappa shape index (κ3) is 5.11. The van der Waals surface area contributed by atoms with Crippen LogP contribution in [0.1, 0.15) is 37.8 Å². The van der Waals surface area contributed by atoms with Crippen molar-refractivity contribution in [2.24, 2.45) is 5.92 Å². The molecule has 0 unspecified atom stereocenters. The van der Waals surface area contributed by atoms with Crippen molar-refractivity contribution in [3.05, 3.63) is 46.0 Å². The minimum Gasteiger partial charge on any atom is -0.354 e. The van der Waals surface area contributed by atoms with Gasteiger partial charge in [0.1, 0.15) is 17.6 Å². The molecule has 1 aliphatic heterocycles. The first-order chi connectivity index (χ1) is 16.2. The molecule has 0 spiro atoms. The number of aryl methyl sites for hydroxylation is 1. The summed E-state index contributed by atoms with van der Waals surface area (Å²) in [5.74, 6) is -0.352. The number of carbonyl (C=O) groups is 2. The Labute approximate surface area is 202 Å². The number of carbonyl (C=O) groups excluding carboxylic acids is 2. The summed E-state index contributed by atoms with van der Waals surface area (Å²) in [7, 11) is 0. The summed E-state index contributed by atoms with van der Waals surface area (Å²) in [6, 6.07) is 5.80. The van der Waals surface area contributed by atoms with Gasteiger partial charge in [-0.1, -0.05) is 23.5 Å². The van der Waals surface area contributed by atoms with Crippen LogP contribution in [0.2, 0.25) is 0 Å². The summed E-state index contributed by atoms with van der Waals surface area (Å²) in [6.07, 6.45) is 3.08. The van der Waals surface area contributed by atoms with Crippen molar-refractivity contribution in [3.63, 3.8) is 0 Å². The molecule has 0 saturated carbocycles. The summed E-state index contributed by atoms with van der Waals surface area (Å²) in [4.78, 5) is 49.1. The van der Waals surface area contributed by atoms with Gasteiger partial charge in [0.2, 0.25) is 11.8 Å². The Bertz CT molecular complexity index is 1280. The quantitative estimate of drug-likeness (QED) is 0.559. The molecular formula is C24H30N6O3S. The molecule has 2 amide bonds. The highest BCUT2D eigenvalue weighted by Crippen LogP contribution is 2.29. The van der Waals surface area contributed by atoms with Gasteiger partial charge in [0.15, 0.2) is 10.8 Å². The lowest BCUT2D eigenvalue weighted by atomic mass is 9.97. The molecule has 0 bridgehead atoms. The molecule has 180 valence electrons. The fraction of sp³-hybridized carbons (Fsp3) is 0.458. The van der Waals surface area contributed by atoms with Crippen LogP contribution in [0.5, 0.6) is 0 Å². The number of amides is 2. The number of nitrogens with zero attached hydrogens (tertiary/aromatic N) is 4. The second-order valence-corrected chi connectivity index (χ2v) is 10.0. The lowest BCUT2D eigenvalue weighted by Gasteiger charge is -2.32. The highest BCUT2D eigenvalue weighted by atomic mass is 32.1. The van der Waals surface area contributed by atoms with Gasteiger partial charge < -0.3 is 15.5 Å². The Balaban J connectivity index is 1.50. The normalized spacial score (nSPS) is 16.1. The molecule has 9 nitrogen and oxygen atoms in total. The van der Waals surface area contributed by atoms with Gasteiger partial charge in [0.25, 0.3) is 5.56 Å². The van der Waals surface area contributed by atoms with E-state index in [0.29, 0.717) is 22.0 Å². The lowest BCUT2D eigenvalue weighted by molar-refractivity contribution is -0.125. The van der Waals surface area contributed by atoms with Crippen LogP contribution in [0.4, 0.5) is 10.8 Å². The largest absolute Gasteiger partial charge is 0.354 e. The fourth-order valence-electron chi connectivity index (χ4n) is 4.08. The molecule has 1 fully saturated rings. The molecule has 4 rings (SSSR count). The van der Waals surface area contributed by atoms with Crippen LogP contribution in [0.25, 0.3) is 10.3 Å². The molecule has 2 N–H and O–H groups in total. The predicted molar refractivity (Wildman–Crippen MR) is 134 cm³/mol. The lowest BCUT2D eigenvalue weighted by Crippen LogP contribution is -2.44. The van der Waals surface area contributed by atoms with Crippen LogP contribution in [0, 0.1) is 19.8 Å². The van der Waals surface area contributed by atoms with E-state index in [-0.39, 0.29) is 35.9 Å². The van der Waals surface area contributed by atoms with Crippen molar-refractivity contribution in [2.75, 3.05) is 23.3 Å². The Morgan fingerprint density at radius 1 is 1.26 bits per heavy atom. The highest BCUT2D eigenvalue weighted by Gasteiger charge is 2.28. The van der Waals surface area contributed by atoms with Crippen molar-refractivity contribution in [3.8, 4) is 0 Å². The SMILES string of the molecule is Cc1cccc(NC(=O)Cn2cnc3nc(N4CCC[C@H](C(=O)NC(C)C)C4)sc3c2=O)c1C. The van der Waals surface area contributed by atoms with E-state index in [1.807, 2.05) is 45.9 Å². The Kier molecular flexibility index (Phi) is 6.97. The maximum atomic E-state index is 13.1. The molecule has 2 aromatic heterocycles. The summed E-state index contributed by atoms with van der Waals surface area (Å²) >= 11 is 1.26. The molecular weight excluding hydrogens is 452 g/mol. The summed E-state index contributed by atoms with van der Waals surface area (Å²) < 4.78 is 1.71. The third-order valence-electron chi connectivity index (χ3n) is 6.06. The van der Waals surface area contributed by atoms with Crippen molar-refractivity contribution in [1.29, 1.82) is 0 Å². The number of rotatable bonds is 6. The molecule has 3 aromatic rings. The molecule has 1 aromatic carbocycles. The first kappa shape index (κ1) is 23.9. The van der Waals surface area contributed by atoms with Crippen molar-refractivity contribution >= 4 is 44.3 Å². The number of benzene rings is 1. The van der Waals surface area contributed by atoms with Crippen molar-refractivity contribution in [1.82, 2.24) is 19.9 Å². The smallest absolute Gasteiger partial charge is 0.273 e. The molecule has 34 heavy (non-hydrogen) atoms. The third-order valence-corrected chi connectivity index (χ3v) is 7.15. The van der Waals surface area contributed by atoms with Crippen LogP contribution in [0.15, 0.2) is 29.3 Å². The van der Waals surface area contributed by atoms with Gasteiger partial charge in [-0.3, -0.25) is 19.0 Å². The molecule has 1 saturated heterocycles. The second-order valence-electron chi connectivity index (χ2n) is 9.07. The van der Waals surface area contributed by atoms with Gasteiger partial charge in [0.05, 0.1) is 5.92 Å². The van der Waals surface area contributed by atoms with E-state index in [0.717, 1.165) is 36.2 Å². The van der Waals surface area contributed by atoms with Crippen LogP contribution >= 0.6 is 11.3 Å². The first-order valence-electron chi connectivity index (χ1n) is 11.5. The minimum absolute atomic E-state index is 0.0520. The van der Waals surface area contributed by atoms with E-state index in [9.17, 15) is 14.4 Å². The van der Waals surface area contributed by atoms with E-state index in [1.165, 1.54) is 22.2 Å². The van der Waals surface area contributed by atoms with Gasteiger partial charge in [-0.25, -0.2) is 4.98 Å². The van der Waals surface area contributed by atoms with Gasteiger partial charge in [0, 0.05) is 24.8 Å².